The molecule has 88 valence electrons. The van der Waals surface area contributed by atoms with E-state index in [0.29, 0.717) is 19.4 Å². The highest BCUT2D eigenvalue weighted by atomic mass is 79.9. The van der Waals surface area contributed by atoms with Crippen LogP contribution in [0.25, 0.3) is 0 Å². The molecule has 0 fully saturated rings. The van der Waals surface area contributed by atoms with Crippen molar-refractivity contribution in [3.05, 3.63) is 28.2 Å². The maximum atomic E-state index is 11.6. The molecule has 0 amide bonds. The van der Waals surface area contributed by atoms with Gasteiger partial charge in [-0.25, -0.2) is 0 Å². The number of benzene rings is 1. The first-order valence-electron chi connectivity index (χ1n) is 5.00. The number of carbonyl (C=O) groups excluding carboxylic acids is 1. The Bertz CT molecular complexity index is 363. The summed E-state index contributed by atoms with van der Waals surface area (Å²) in [6.45, 7) is 0.473. The number of Topliss-reactive ketones (excluding diaryl/α,β-unsaturated/α-hetero) is 1. The van der Waals surface area contributed by atoms with E-state index in [2.05, 4.69) is 15.9 Å². The molecule has 0 spiro atoms. The van der Waals surface area contributed by atoms with Crippen molar-refractivity contribution in [1.82, 2.24) is 0 Å². The number of hydrogen-bond donors (Lipinski definition) is 0. The highest BCUT2D eigenvalue weighted by Crippen LogP contribution is 2.23. The molecule has 0 saturated carbocycles. The average Bonchev–Trinajstić information content (AvgIpc) is 2.29. The Hall–Kier alpha value is -0.870. The fourth-order valence-corrected chi connectivity index (χ4v) is 1.72. The summed E-state index contributed by atoms with van der Waals surface area (Å²) in [5, 5.41) is 0. The van der Waals surface area contributed by atoms with E-state index in [1.165, 1.54) is 0 Å². The van der Waals surface area contributed by atoms with Gasteiger partial charge in [0, 0.05) is 24.4 Å². The maximum absolute atomic E-state index is 11.6. The van der Waals surface area contributed by atoms with Crippen LogP contribution >= 0.6 is 15.9 Å². The molecule has 0 aliphatic carbocycles. The van der Waals surface area contributed by atoms with Crippen molar-refractivity contribution in [1.29, 1.82) is 0 Å². The van der Waals surface area contributed by atoms with Crippen LogP contribution in [0.1, 0.15) is 12.0 Å². The second-order valence-corrected chi connectivity index (χ2v) is 4.27. The van der Waals surface area contributed by atoms with Crippen LogP contribution in [0.3, 0.4) is 0 Å². The maximum Gasteiger partial charge on any atom is 0.139 e. The van der Waals surface area contributed by atoms with Crippen LogP contribution in [-0.2, 0) is 16.0 Å². The van der Waals surface area contributed by atoms with E-state index < -0.39 is 0 Å². The summed E-state index contributed by atoms with van der Waals surface area (Å²) in [5.74, 6) is 0.925. The minimum absolute atomic E-state index is 0.163. The van der Waals surface area contributed by atoms with Gasteiger partial charge in [0.1, 0.15) is 11.5 Å². The molecular formula is C12H15BrO3. The van der Waals surface area contributed by atoms with Crippen molar-refractivity contribution in [2.45, 2.75) is 12.8 Å². The molecular weight excluding hydrogens is 272 g/mol. The number of halogens is 1. The van der Waals surface area contributed by atoms with Crippen molar-refractivity contribution in [2.24, 2.45) is 0 Å². The Morgan fingerprint density at radius 2 is 2.12 bits per heavy atom. The third kappa shape index (κ3) is 3.94. The summed E-state index contributed by atoms with van der Waals surface area (Å²) in [4.78, 5) is 11.6. The zero-order valence-electron chi connectivity index (χ0n) is 9.46. The van der Waals surface area contributed by atoms with Gasteiger partial charge in [0.15, 0.2) is 0 Å². The number of rotatable bonds is 6. The number of methoxy groups -OCH3 is 2. The molecule has 1 aromatic carbocycles. The average molecular weight is 287 g/mol. The molecule has 0 aliphatic rings. The van der Waals surface area contributed by atoms with Gasteiger partial charge in [-0.1, -0.05) is 15.9 Å². The van der Waals surface area contributed by atoms with Crippen LogP contribution in [0.15, 0.2) is 22.7 Å². The van der Waals surface area contributed by atoms with Gasteiger partial charge in [-0.15, -0.1) is 0 Å². The first-order valence-corrected chi connectivity index (χ1v) is 5.79. The summed E-state index contributed by atoms with van der Waals surface area (Å²) < 4.78 is 10.9. The molecule has 0 aromatic heterocycles. The molecule has 0 bridgehead atoms. The summed E-state index contributed by atoms with van der Waals surface area (Å²) in [5.41, 5.74) is 0.945. The van der Waals surface area contributed by atoms with Gasteiger partial charge in [-0.2, -0.15) is 0 Å². The lowest BCUT2D eigenvalue weighted by atomic mass is 10.1. The zero-order chi connectivity index (χ0) is 12.0. The fraction of sp³-hybridized carbons (Fsp3) is 0.417. The van der Waals surface area contributed by atoms with E-state index in [-0.39, 0.29) is 5.78 Å². The second kappa shape index (κ2) is 6.66. The molecule has 3 nitrogen and oxygen atoms in total. The van der Waals surface area contributed by atoms with Crippen molar-refractivity contribution < 1.29 is 14.3 Å². The topological polar surface area (TPSA) is 35.5 Å². The monoisotopic (exact) mass is 286 g/mol. The summed E-state index contributed by atoms with van der Waals surface area (Å²) in [6, 6.07) is 5.61. The van der Waals surface area contributed by atoms with Crippen LogP contribution in [0.5, 0.6) is 5.75 Å². The summed E-state index contributed by atoms with van der Waals surface area (Å²) in [7, 11) is 3.20. The van der Waals surface area contributed by atoms with E-state index in [1.54, 1.807) is 14.2 Å². The third-order valence-corrected chi connectivity index (χ3v) is 3.00. The van der Waals surface area contributed by atoms with Crippen molar-refractivity contribution >= 4 is 21.7 Å². The Labute approximate surface area is 104 Å². The smallest absolute Gasteiger partial charge is 0.139 e. The van der Waals surface area contributed by atoms with E-state index in [4.69, 9.17) is 9.47 Å². The lowest BCUT2D eigenvalue weighted by Crippen LogP contribution is -2.06. The lowest BCUT2D eigenvalue weighted by molar-refractivity contribution is -0.119. The van der Waals surface area contributed by atoms with Crippen LogP contribution in [0.4, 0.5) is 0 Å². The molecule has 1 rings (SSSR count). The van der Waals surface area contributed by atoms with Crippen LogP contribution in [0, 0.1) is 0 Å². The first-order chi connectivity index (χ1) is 7.67. The Morgan fingerprint density at radius 3 is 2.75 bits per heavy atom. The van der Waals surface area contributed by atoms with E-state index >= 15 is 0 Å². The standard InChI is InChI=1S/C12H15BrO3/c1-15-6-5-10(14)7-9-8-11(16-2)3-4-12(9)13/h3-4,8H,5-7H2,1-2H3. The molecule has 0 N–H and O–H groups in total. The first kappa shape index (κ1) is 13.2. The minimum atomic E-state index is 0.163. The Morgan fingerprint density at radius 1 is 1.38 bits per heavy atom. The van der Waals surface area contributed by atoms with Gasteiger partial charge < -0.3 is 9.47 Å². The largest absolute Gasteiger partial charge is 0.497 e. The van der Waals surface area contributed by atoms with Crippen molar-refractivity contribution in [2.75, 3.05) is 20.8 Å². The van der Waals surface area contributed by atoms with Crippen LogP contribution < -0.4 is 4.74 Å². The lowest BCUT2D eigenvalue weighted by Gasteiger charge is -2.06. The predicted molar refractivity (Wildman–Crippen MR) is 65.9 cm³/mol. The normalized spacial score (nSPS) is 10.2. The number of carbonyl (C=O) groups is 1. The molecule has 0 atom stereocenters. The van der Waals surface area contributed by atoms with Crippen molar-refractivity contribution in [3.63, 3.8) is 0 Å². The third-order valence-electron chi connectivity index (χ3n) is 2.23. The van der Waals surface area contributed by atoms with Gasteiger partial charge >= 0.3 is 0 Å². The number of ketones is 1. The van der Waals surface area contributed by atoms with Gasteiger partial charge in [0.05, 0.1) is 13.7 Å². The van der Waals surface area contributed by atoms with Gasteiger partial charge in [0.2, 0.25) is 0 Å². The fourth-order valence-electron chi connectivity index (χ4n) is 1.33. The highest BCUT2D eigenvalue weighted by molar-refractivity contribution is 9.10. The minimum Gasteiger partial charge on any atom is -0.497 e. The molecule has 4 heteroatoms. The van der Waals surface area contributed by atoms with E-state index in [1.807, 2.05) is 18.2 Å². The highest BCUT2D eigenvalue weighted by Gasteiger charge is 2.08. The predicted octanol–water partition coefficient (Wildman–Crippen LogP) is 2.61. The van der Waals surface area contributed by atoms with Gasteiger partial charge in [0.25, 0.3) is 0 Å². The molecule has 0 radical (unpaired) electrons. The van der Waals surface area contributed by atoms with Gasteiger partial charge in [-0.05, 0) is 23.8 Å². The molecule has 0 unspecified atom stereocenters. The summed E-state index contributed by atoms with van der Waals surface area (Å²) >= 11 is 3.42. The number of hydrogen-bond acceptors (Lipinski definition) is 3. The van der Waals surface area contributed by atoms with Crippen LogP contribution in [0.2, 0.25) is 0 Å². The van der Waals surface area contributed by atoms with E-state index in [0.717, 1.165) is 15.8 Å². The van der Waals surface area contributed by atoms with E-state index in [9.17, 15) is 4.79 Å². The second-order valence-electron chi connectivity index (χ2n) is 3.42. The van der Waals surface area contributed by atoms with Crippen LogP contribution in [-0.4, -0.2) is 26.6 Å². The zero-order valence-corrected chi connectivity index (χ0v) is 11.0. The van der Waals surface area contributed by atoms with Gasteiger partial charge in [-0.3, -0.25) is 4.79 Å². The molecule has 16 heavy (non-hydrogen) atoms. The number of ether oxygens (including phenoxy) is 2. The Kier molecular flexibility index (Phi) is 5.49. The summed E-state index contributed by atoms with van der Waals surface area (Å²) in [6.07, 6.45) is 0.849. The molecule has 0 heterocycles. The molecule has 0 saturated heterocycles. The Balaban J connectivity index is 2.68. The quantitative estimate of drug-likeness (QED) is 0.806. The SMILES string of the molecule is COCCC(=O)Cc1cc(OC)ccc1Br. The molecule has 1 aromatic rings. The molecule has 0 aliphatic heterocycles. The van der Waals surface area contributed by atoms with Crippen molar-refractivity contribution in [3.8, 4) is 5.75 Å².